The first-order valence-corrected chi connectivity index (χ1v) is 5.47. The number of halogens is 1. The minimum Gasteiger partial charge on any atom is -0.485 e. The Bertz CT molecular complexity index is 513. The molecule has 1 aromatic carbocycles. The van der Waals surface area contributed by atoms with Crippen molar-refractivity contribution in [3.63, 3.8) is 0 Å². The number of nitrogens with zero attached hydrogens (tertiary/aromatic N) is 2. The van der Waals surface area contributed by atoms with Gasteiger partial charge in [-0.05, 0) is 24.6 Å². The number of hydrogen-bond acceptors (Lipinski definition) is 5. The van der Waals surface area contributed by atoms with Crippen LogP contribution >= 0.6 is 11.6 Å². The molecule has 0 amide bonds. The minimum atomic E-state index is 0.225. The predicted molar refractivity (Wildman–Crippen MR) is 62.7 cm³/mol. The van der Waals surface area contributed by atoms with Gasteiger partial charge in [-0.15, -0.1) is 0 Å². The Morgan fingerprint density at radius 3 is 3.00 bits per heavy atom. The molecule has 90 valence electrons. The van der Waals surface area contributed by atoms with E-state index in [1.807, 2.05) is 19.1 Å². The van der Waals surface area contributed by atoms with Crippen molar-refractivity contribution in [2.24, 2.45) is 5.73 Å². The summed E-state index contributed by atoms with van der Waals surface area (Å²) in [5, 5.41) is 4.36. The van der Waals surface area contributed by atoms with Gasteiger partial charge in [0, 0.05) is 5.02 Å². The molecule has 0 atom stereocenters. The zero-order chi connectivity index (χ0) is 12.3. The molecule has 0 saturated heterocycles. The van der Waals surface area contributed by atoms with Gasteiger partial charge in [0.05, 0.1) is 6.54 Å². The minimum absolute atomic E-state index is 0.225. The molecule has 0 aliphatic carbocycles. The van der Waals surface area contributed by atoms with E-state index in [2.05, 4.69) is 10.1 Å². The van der Waals surface area contributed by atoms with E-state index in [0.717, 1.165) is 5.56 Å². The summed E-state index contributed by atoms with van der Waals surface area (Å²) in [7, 11) is 0. The van der Waals surface area contributed by atoms with E-state index in [-0.39, 0.29) is 13.2 Å². The average Bonchev–Trinajstić information content (AvgIpc) is 2.78. The maximum atomic E-state index is 5.88. The highest BCUT2D eigenvalue weighted by molar-refractivity contribution is 6.30. The fraction of sp³-hybridized carbons (Fsp3) is 0.273. The summed E-state index contributed by atoms with van der Waals surface area (Å²) < 4.78 is 10.4. The molecule has 0 aliphatic rings. The van der Waals surface area contributed by atoms with E-state index < -0.39 is 0 Å². The van der Waals surface area contributed by atoms with Crippen LogP contribution in [0.1, 0.15) is 17.3 Å². The van der Waals surface area contributed by atoms with Crippen LogP contribution in [0.2, 0.25) is 5.02 Å². The van der Waals surface area contributed by atoms with Crippen LogP contribution in [0.5, 0.6) is 5.75 Å². The number of rotatable bonds is 4. The van der Waals surface area contributed by atoms with Crippen molar-refractivity contribution in [2.75, 3.05) is 0 Å². The van der Waals surface area contributed by atoms with E-state index in [9.17, 15) is 0 Å². The van der Waals surface area contributed by atoms with Crippen molar-refractivity contribution >= 4 is 11.6 Å². The summed E-state index contributed by atoms with van der Waals surface area (Å²) in [6, 6.07) is 5.45. The van der Waals surface area contributed by atoms with Crippen molar-refractivity contribution in [2.45, 2.75) is 20.1 Å². The van der Waals surface area contributed by atoms with Gasteiger partial charge in [-0.2, -0.15) is 4.98 Å². The Balaban J connectivity index is 2.04. The summed E-state index contributed by atoms with van der Waals surface area (Å²) >= 11 is 5.88. The first kappa shape index (κ1) is 11.9. The number of aryl methyl sites for hydroxylation is 1. The molecule has 0 bridgehead atoms. The van der Waals surface area contributed by atoms with Crippen LogP contribution in [-0.4, -0.2) is 10.1 Å². The molecule has 0 fully saturated rings. The SMILES string of the molecule is Cc1ccc(Cl)cc1OCc1noc(CN)n1. The molecule has 6 heteroatoms. The summed E-state index contributed by atoms with van der Waals surface area (Å²) in [6.07, 6.45) is 0. The van der Waals surface area contributed by atoms with E-state index in [4.69, 9.17) is 26.6 Å². The van der Waals surface area contributed by atoms with Gasteiger partial charge >= 0.3 is 0 Å². The molecule has 0 spiro atoms. The highest BCUT2D eigenvalue weighted by Gasteiger charge is 2.06. The summed E-state index contributed by atoms with van der Waals surface area (Å²) in [5.74, 6) is 1.56. The molecule has 0 radical (unpaired) electrons. The quantitative estimate of drug-likeness (QED) is 0.903. The van der Waals surface area contributed by atoms with Gasteiger partial charge in [0.15, 0.2) is 6.61 Å². The van der Waals surface area contributed by atoms with Gasteiger partial charge in [0.1, 0.15) is 5.75 Å². The van der Waals surface area contributed by atoms with Crippen LogP contribution < -0.4 is 10.5 Å². The third-order valence-electron chi connectivity index (χ3n) is 2.19. The molecule has 2 N–H and O–H groups in total. The highest BCUT2D eigenvalue weighted by Crippen LogP contribution is 2.23. The Kier molecular flexibility index (Phi) is 3.61. The Labute approximate surface area is 104 Å². The normalized spacial score (nSPS) is 10.5. The second kappa shape index (κ2) is 5.16. The fourth-order valence-electron chi connectivity index (χ4n) is 1.30. The Morgan fingerprint density at radius 1 is 1.47 bits per heavy atom. The maximum absolute atomic E-state index is 5.88. The molecule has 0 saturated carbocycles. The van der Waals surface area contributed by atoms with Crippen LogP contribution in [0, 0.1) is 6.92 Å². The largest absolute Gasteiger partial charge is 0.485 e. The zero-order valence-electron chi connectivity index (χ0n) is 9.31. The number of nitrogens with two attached hydrogens (primary N) is 1. The standard InChI is InChI=1S/C11H12ClN3O2/c1-7-2-3-8(12)4-9(7)16-6-10-14-11(5-13)17-15-10/h2-4H,5-6,13H2,1H3. The maximum Gasteiger partial charge on any atom is 0.240 e. The smallest absolute Gasteiger partial charge is 0.240 e. The molecule has 0 aliphatic heterocycles. The Hall–Kier alpha value is -1.59. The van der Waals surface area contributed by atoms with Crippen molar-refractivity contribution in [1.82, 2.24) is 10.1 Å². The molecular formula is C11H12ClN3O2. The topological polar surface area (TPSA) is 74.2 Å². The summed E-state index contributed by atoms with van der Waals surface area (Å²) in [6.45, 7) is 2.39. The van der Waals surface area contributed by atoms with Gasteiger partial charge in [-0.3, -0.25) is 0 Å². The van der Waals surface area contributed by atoms with Crippen LogP contribution in [0.25, 0.3) is 0 Å². The molecule has 5 nitrogen and oxygen atoms in total. The van der Waals surface area contributed by atoms with E-state index >= 15 is 0 Å². The Morgan fingerprint density at radius 2 is 2.29 bits per heavy atom. The van der Waals surface area contributed by atoms with Gasteiger partial charge < -0.3 is 15.0 Å². The molecular weight excluding hydrogens is 242 g/mol. The summed E-state index contributed by atoms with van der Waals surface area (Å²) in [4.78, 5) is 4.04. The molecule has 1 heterocycles. The van der Waals surface area contributed by atoms with E-state index in [1.54, 1.807) is 6.07 Å². The molecule has 0 unspecified atom stereocenters. The monoisotopic (exact) mass is 253 g/mol. The van der Waals surface area contributed by atoms with Crippen molar-refractivity contribution in [3.8, 4) is 5.75 Å². The predicted octanol–water partition coefficient (Wildman–Crippen LogP) is 2.07. The van der Waals surface area contributed by atoms with E-state index in [1.165, 1.54) is 0 Å². The van der Waals surface area contributed by atoms with Crippen LogP contribution in [0.15, 0.2) is 22.7 Å². The summed E-state index contributed by atoms with van der Waals surface area (Å²) in [5.41, 5.74) is 6.36. The first-order chi connectivity index (χ1) is 8.19. The first-order valence-electron chi connectivity index (χ1n) is 5.09. The molecule has 2 rings (SSSR count). The van der Waals surface area contributed by atoms with Gasteiger partial charge in [-0.1, -0.05) is 22.8 Å². The second-order valence-electron chi connectivity index (χ2n) is 3.51. The third kappa shape index (κ3) is 2.95. The van der Waals surface area contributed by atoms with Gasteiger partial charge in [0.2, 0.25) is 11.7 Å². The number of benzene rings is 1. The molecule has 1 aromatic heterocycles. The van der Waals surface area contributed by atoms with E-state index in [0.29, 0.717) is 22.5 Å². The lowest BCUT2D eigenvalue weighted by atomic mass is 10.2. The third-order valence-corrected chi connectivity index (χ3v) is 2.43. The zero-order valence-corrected chi connectivity index (χ0v) is 10.1. The lowest BCUT2D eigenvalue weighted by molar-refractivity contribution is 0.283. The number of hydrogen-bond donors (Lipinski definition) is 1. The van der Waals surface area contributed by atoms with Crippen molar-refractivity contribution < 1.29 is 9.26 Å². The molecule has 17 heavy (non-hydrogen) atoms. The second-order valence-corrected chi connectivity index (χ2v) is 3.94. The number of aromatic nitrogens is 2. The van der Waals surface area contributed by atoms with Crippen LogP contribution in [-0.2, 0) is 13.2 Å². The lowest BCUT2D eigenvalue weighted by Gasteiger charge is -2.06. The fourth-order valence-corrected chi connectivity index (χ4v) is 1.47. The number of ether oxygens (including phenoxy) is 1. The average molecular weight is 254 g/mol. The highest BCUT2D eigenvalue weighted by atomic mass is 35.5. The van der Waals surface area contributed by atoms with Crippen molar-refractivity contribution in [3.05, 3.63) is 40.5 Å². The van der Waals surface area contributed by atoms with Crippen LogP contribution in [0.4, 0.5) is 0 Å². The molecule has 2 aromatic rings. The van der Waals surface area contributed by atoms with Crippen molar-refractivity contribution in [1.29, 1.82) is 0 Å². The van der Waals surface area contributed by atoms with Gasteiger partial charge in [0.25, 0.3) is 0 Å². The van der Waals surface area contributed by atoms with Crippen LogP contribution in [0.3, 0.4) is 0 Å². The van der Waals surface area contributed by atoms with Gasteiger partial charge in [-0.25, -0.2) is 0 Å². The lowest BCUT2D eigenvalue weighted by Crippen LogP contribution is -2.00.